The zero-order valence-electron chi connectivity index (χ0n) is 14.0. The molecule has 0 bridgehead atoms. The first-order valence-electron chi connectivity index (χ1n) is 8.46. The standard InChI is InChI=1S/C19H17ClN4O2/c20-16-5-2-1-4-13(16)8-15-11-23-18(26-15)17-6-3-7-24(17)19(25)14-9-21-12-22-10-14/h1-2,4-5,9-12,17H,3,6-8H2. The molecule has 7 heteroatoms. The second-order valence-corrected chi connectivity index (χ2v) is 6.62. The molecule has 3 aromatic rings. The number of halogens is 1. The van der Waals surface area contributed by atoms with Gasteiger partial charge in [0.1, 0.15) is 18.1 Å². The van der Waals surface area contributed by atoms with E-state index in [1.807, 2.05) is 24.3 Å². The molecule has 132 valence electrons. The van der Waals surface area contributed by atoms with Crippen LogP contribution in [0, 0.1) is 0 Å². The summed E-state index contributed by atoms with van der Waals surface area (Å²) in [5.41, 5.74) is 1.46. The molecule has 26 heavy (non-hydrogen) atoms. The summed E-state index contributed by atoms with van der Waals surface area (Å²) in [5.74, 6) is 1.20. The molecule has 1 aliphatic heterocycles. The number of carbonyl (C=O) groups is 1. The fourth-order valence-electron chi connectivity index (χ4n) is 3.23. The highest BCUT2D eigenvalue weighted by molar-refractivity contribution is 6.31. The summed E-state index contributed by atoms with van der Waals surface area (Å²) in [6.07, 6.45) is 8.49. The lowest BCUT2D eigenvalue weighted by atomic mass is 10.1. The van der Waals surface area contributed by atoms with E-state index >= 15 is 0 Å². The quantitative estimate of drug-likeness (QED) is 0.702. The molecule has 1 aromatic carbocycles. The maximum Gasteiger partial charge on any atom is 0.257 e. The number of hydrogen-bond acceptors (Lipinski definition) is 5. The van der Waals surface area contributed by atoms with Gasteiger partial charge in [0.2, 0.25) is 5.89 Å². The van der Waals surface area contributed by atoms with Crippen molar-refractivity contribution in [1.82, 2.24) is 19.9 Å². The Hall–Kier alpha value is -2.73. The predicted octanol–water partition coefficient (Wildman–Crippen LogP) is 3.69. The molecular weight excluding hydrogens is 352 g/mol. The van der Waals surface area contributed by atoms with Crippen molar-refractivity contribution in [2.75, 3.05) is 6.54 Å². The first-order chi connectivity index (χ1) is 12.7. The Labute approximate surface area is 155 Å². The van der Waals surface area contributed by atoms with E-state index in [1.54, 1.807) is 11.1 Å². The summed E-state index contributed by atoms with van der Waals surface area (Å²) < 4.78 is 5.95. The van der Waals surface area contributed by atoms with Crippen LogP contribution in [-0.4, -0.2) is 32.3 Å². The van der Waals surface area contributed by atoms with Gasteiger partial charge in [0.25, 0.3) is 5.91 Å². The third-order valence-electron chi connectivity index (χ3n) is 4.50. The van der Waals surface area contributed by atoms with Gasteiger partial charge in [0, 0.05) is 30.4 Å². The number of amides is 1. The summed E-state index contributed by atoms with van der Waals surface area (Å²) in [7, 11) is 0. The first kappa shape index (κ1) is 16.7. The van der Waals surface area contributed by atoms with Crippen molar-refractivity contribution in [3.05, 3.63) is 77.0 Å². The SMILES string of the molecule is O=C(c1cncnc1)N1CCCC1c1ncc(Cc2ccccc2Cl)o1. The number of oxazole rings is 1. The number of rotatable bonds is 4. The van der Waals surface area contributed by atoms with E-state index in [9.17, 15) is 4.79 Å². The molecule has 1 saturated heterocycles. The predicted molar refractivity (Wildman–Crippen MR) is 95.8 cm³/mol. The lowest BCUT2D eigenvalue weighted by Crippen LogP contribution is -2.30. The Bertz CT molecular complexity index is 913. The van der Waals surface area contributed by atoms with E-state index in [0.29, 0.717) is 29.4 Å². The minimum Gasteiger partial charge on any atom is -0.443 e. The van der Waals surface area contributed by atoms with Gasteiger partial charge in [-0.05, 0) is 24.5 Å². The van der Waals surface area contributed by atoms with Gasteiger partial charge in [0.05, 0.1) is 11.8 Å². The maximum absolute atomic E-state index is 12.7. The summed E-state index contributed by atoms with van der Waals surface area (Å²) in [4.78, 5) is 26.8. The maximum atomic E-state index is 12.7. The fraction of sp³-hybridized carbons (Fsp3) is 0.263. The third kappa shape index (κ3) is 3.32. The van der Waals surface area contributed by atoms with Crippen LogP contribution < -0.4 is 0 Å². The zero-order chi connectivity index (χ0) is 17.9. The molecule has 0 spiro atoms. The molecule has 1 fully saturated rings. The average Bonchev–Trinajstić information content (AvgIpc) is 3.33. The van der Waals surface area contributed by atoms with Crippen LogP contribution in [0.4, 0.5) is 0 Å². The Morgan fingerprint density at radius 1 is 1.23 bits per heavy atom. The smallest absolute Gasteiger partial charge is 0.257 e. The van der Waals surface area contributed by atoms with Crippen LogP contribution in [0.2, 0.25) is 5.02 Å². The van der Waals surface area contributed by atoms with E-state index < -0.39 is 0 Å². The number of carbonyl (C=O) groups excluding carboxylic acids is 1. The lowest BCUT2D eigenvalue weighted by molar-refractivity contribution is 0.0713. The van der Waals surface area contributed by atoms with Crippen molar-refractivity contribution >= 4 is 17.5 Å². The molecule has 0 saturated carbocycles. The van der Waals surface area contributed by atoms with Gasteiger partial charge < -0.3 is 9.32 Å². The lowest BCUT2D eigenvalue weighted by Gasteiger charge is -2.22. The molecule has 1 amide bonds. The Kier molecular flexibility index (Phi) is 4.67. The van der Waals surface area contributed by atoms with Crippen LogP contribution in [0.3, 0.4) is 0 Å². The van der Waals surface area contributed by atoms with E-state index in [1.165, 1.54) is 18.7 Å². The van der Waals surface area contributed by atoms with Crippen molar-refractivity contribution < 1.29 is 9.21 Å². The molecular formula is C19H17ClN4O2. The van der Waals surface area contributed by atoms with Crippen LogP contribution in [0.1, 0.15) is 46.5 Å². The van der Waals surface area contributed by atoms with Crippen molar-refractivity contribution in [1.29, 1.82) is 0 Å². The van der Waals surface area contributed by atoms with Crippen LogP contribution in [0.25, 0.3) is 0 Å². The first-order valence-corrected chi connectivity index (χ1v) is 8.84. The molecule has 1 unspecified atom stereocenters. The van der Waals surface area contributed by atoms with Crippen LogP contribution in [-0.2, 0) is 6.42 Å². The second kappa shape index (κ2) is 7.25. The van der Waals surface area contributed by atoms with Crippen LogP contribution >= 0.6 is 11.6 Å². The van der Waals surface area contributed by atoms with E-state index in [-0.39, 0.29) is 11.9 Å². The normalized spacial score (nSPS) is 16.8. The van der Waals surface area contributed by atoms with Gasteiger partial charge in [0.15, 0.2) is 0 Å². The molecule has 3 heterocycles. The fourth-order valence-corrected chi connectivity index (χ4v) is 3.43. The summed E-state index contributed by atoms with van der Waals surface area (Å²) in [5, 5.41) is 0.701. The van der Waals surface area contributed by atoms with Crippen molar-refractivity contribution in [3.8, 4) is 0 Å². The van der Waals surface area contributed by atoms with Gasteiger partial charge in [-0.3, -0.25) is 4.79 Å². The third-order valence-corrected chi connectivity index (χ3v) is 4.87. The number of hydrogen-bond donors (Lipinski definition) is 0. The van der Waals surface area contributed by atoms with Crippen molar-refractivity contribution in [3.63, 3.8) is 0 Å². The number of nitrogens with zero attached hydrogens (tertiary/aromatic N) is 4. The van der Waals surface area contributed by atoms with Crippen molar-refractivity contribution in [2.45, 2.75) is 25.3 Å². The van der Waals surface area contributed by atoms with Gasteiger partial charge in [-0.1, -0.05) is 29.8 Å². The minimum absolute atomic E-state index is 0.0982. The molecule has 0 radical (unpaired) electrons. The van der Waals surface area contributed by atoms with Gasteiger partial charge in [-0.25, -0.2) is 15.0 Å². The van der Waals surface area contributed by atoms with E-state index in [0.717, 1.165) is 24.2 Å². The summed E-state index contributed by atoms with van der Waals surface area (Å²) >= 11 is 6.21. The topological polar surface area (TPSA) is 72.1 Å². The van der Waals surface area contributed by atoms with Crippen LogP contribution in [0.15, 0.2) is 53.6 Å². The summed E-state index contributed by atoms with van der Waals surface area (Å²) in [6.45, 7) is 0.667. The largest absolute Gasteiger partial charge is 0.443 e. The summed E-state index contributed by atoms with van der Waals surface area (Å²) in [6, 6.07) is 7.49. The highest BCUT2D eigenvalue weighted by Gasteiger charge is 2.34. The molecule has 2 aromatic heterocycles. The second-order valence-electron chi connectivity index (χ2n) is 6.22. The molecule has 1 atom stereocenters. The molecule has 0 aliphatic carbocycles. The number of likely N-dealkylation sites (tertiary alicyclic amines) is 1. The molecule has 0 N–H and O–H groups in total. The van der Waals surface area contributed by atoms with Crippen LogP contribution in [0.5, 0.6) is 0 Å². The molecule has 6 nitrogen and oxygen atoms in total. The van der Waals surface area contributed by atoms with Gasteiger partial charge in [-0.2, -0.15) is 0 Å². The minimum atomic E-state index is -0.164. The highest BCUT2D eigenvalue weighted by Crippen LogP contribution is 2.33. The zero-order valence-corrected chi connectivity index (χ0v) is 14.8. The Morgan fingerprint density at radius 2 is 2.04 bits per heavy atom. The van der Waals surface area contributed by atoms with Gasteiger partial charge in [-0.15, -0.1) is 0 Å². The average molecular weight is 369 g/mol. The highest BCUT2D eigenvalue weighted by atomic mass is 35.5. The molecule has 4 rings (SSSR count). The number of aromatic nitrogens is 3. The Balaban J connectivity index is 1.53. The Morgan fingerprint density at radius 3 is 2.85 bits per heavy atom. The monoisotopic (exact) mass is 368 g/mol. The van der Waals surface area contributed by atoms with Gasteiger partial charge >= 0.3 is 0 Å². The number of benzene rings is 1. The molecule has 1 aliphatic rings. The van der Waals surface area contributed by atoms with E-state index in [2.05, 4.69) is 15.0 Å². The van der Waals surface area contributed by atoms with Crippen molar-refractivity contribution in [2.24, 2.45) is 0 Å². The van der Waals surface area contributed by atoms with E-state index in [4.69, 9.17) is 16.0 Å².